The monoisotopic (exact) mass is 179 g/mol. The van der Waals surface area contributed by atoms with Crippen LogP contribution >= 0.6 is 0 Å². The van der Waals surface area contributed by atoms with Gasteiger partial charge < -0.3 is 10.0 Å². The van der Waals surface area contributed by atoms with Crippen molar-refractivity contribution in [2.75, 3.05) is 0 Å². The van der Waals surface area contributed by atoms with Gasteiger partial charge >= 0.3 is 7.69 Å². The van der Waals surface area contributed by atoms with Crippen molar-refractivity contribution in [1.29, 1.82) is 0 Å². The number of unbranched alkanes of at least 4 members (excludes halogenated alkanes) is 1. The van der Waals surface area contributed by atoms with E-state index < -0.39 is 0 Å². The lowest BCUT2D eigenvalue weighted by Crippen LogP contribution is -1.81. The van der Waals surface area contributed by atoms with E-state index in [1.165, 1.54) is 24.8 Å². The van der Waals surface area contributed by atoms with Crippen LogP contribution in [0.3, 0.4) is 0 Å². The summed E-state index contributed by atoms with van der Waals surface area (Å²) in [7, 11) is 0. The molecule has 0 saturated carbocycles. The molecule has 0 unspecified atom stereocenters. The summed E-state index contributed by atoms with van der Waals surface area (Å²) < 4.78 is 0. The Bertz CT molecular complexity index is 189. The van der Waals surface area contributed by atoms with Crippen molar-refractivity contribution in [3.8, 4) is 0 Å². The fourth-order valence-electron chi connectivity index (χ4n) is 1.03. The molecule has 0 aliphatic rings. The van der Waals surface area contributed by atoms with Crippen LogP contribution in [0.2, 0.25) is 0 Å². The quantitative estimate of drug-likeness (QED) is 0.690. The van der Waals surface area contributed by atoms with Crippen molar-refractivity contribution in [3.05, 3.63) is 35.9 Å². The molecule has 0 aliphatic carbocycles. The molecule has 0 aliphatic heterocycles. The van der Waals surface area contributed by atoms with Crippen LogP contribution in [0.1, 0.15) is 25.3 Å². The molecule has 0 bridgehead atoms. The van der Waals surface area contributed by atoms with Gasteiger partial charge in [-0.15, -0.1) is 0 Å². The van der Waals surface area contributed by atoms with Gasteiger partial charge in [-0.2, -0.15) is 0 Å². The van der Waals surface area contributed by atoms with Crippen LogP contribution in [-0.2, 0) is 6.42 Å². The number of hydrogen-bond acceptors (Lipinski definition) is 2. The fraction of sp³-hybridized carbons (Fsp3) is 0.400. The molecule has 0 fully saturated rings. The maximum absolute atomic E-state index is 7.00. The number of rotatable bonds is 3. The Morgan fingerprint density at radius 1 is 1.15 bits per heavy atom. The minimum Gasteiger partial charge on any atom is -0.429 e. The molecule has 1 radical (unpaired) electrons. The van der Waals surface area contributed by atoms with Crippen LogP contribution in [0.15, 0.2) is 30.3 Å². The maximum atomic E-state index is 7.00. The van der Waals surface area contributed by atoms with Gasteiger partial charge in [0, 0.05) is 0 Å². The van der Waals surface area contributed by atoms with Crippen molar-refractivity contribution in [3.63, 3.8) is 0 Å². The summed E-state index contributed by atoms with van der Waals surface area (Å²) in [4.78, 5) is 0. The molecule has 0 amide bonds. The Balaban J connectivity index is 0.000000424. The van der Waals surface area contributed by atoms with E-state index in [0.29, 0.717) is 0 Å². The molecule has 0 atom stereocenters. The van der Waals surface area contributed by atoms with Crippen molar-refractivity contribution in [2.45, 2.75) is 26.2 Å². The highest BCUT2D eigenvalue weighted by Crippen LogP contribution is 2.03. The Kier molecular flexibility index (Phi) is 8.73. The van der Waals surface area contributed by atoms with Crippen LogP contribution < -0.4 is 0 Å². The molecule has 0 aromatic heterocycles. The van der Waals surface area contributed by atoms with E-state index in [1.54, 1.807) is 0 Å². The highest BCUT2D eigenvalue weighted by atomic mass is 16.4. The Labute approximate surface area is 80.5 Å². The third-order valence-electron chi connectivity index (χ3n) is 1.66. The number of hydrogen-bond donors (Lipinski definition) is 2. The van der Waals surface area contributed by atoms with E-state index >= 15 is 0 Å². The number of benzene rings is 1. The molecule has 71 valence electrons. The van der Waals surface area contributed by atoms with Crippen molar-refractivity contribution >= 4 is 7.69 Å². The minimum atomic E-state index is 0. The summed E-state index contributed by atoms with van der Waals surface area (Å²) in [6.07, 6.45) is 3.83. The largest absolute Gasteiger partial charge is 0.482 e. The summed E-state index contributed by atoms with van der Waals surface area (Å²) in [6, 6.07) is 10.6. The lowest BCUT2D eigenvalue weighted by Gasteiger charge is -1.96. The lowest BCUT2D eigenvalue weighted by atomic mass is 10.1. The first-order valence-corrected chi connectivity index (χ1v) is 4.49. The highest BCUT2D eigenvalue weighted by molar-refractivity contribution is 6.13. The smallest absolute Gasteiger partial charge is 0.429 e. The molecule has 3 heteroatoms. The first kappa shape index (κ1) is 12.2. The Hall–Kier alpha value is -0.795. The van der Waals surface area contributed by atoms with E-state index in [0.717, 1.165) is 0 Å². The summed E-state index contributed by atoms with van der Waals surface area (Å²) >= 11 is 0. The molecule has 1 aromatic carbocycles. The van der Waals surface area contributed by atoms with Gasteiger partial charge in [0.25, 0.3) is 0 Å². The molecule has 2 nitrogen and oxygen atoms in total. The molecular formula is C10H16BO2. The van der Waals surface area contributed by atoms with E-state index in [2.05, 4.69) is 37.3 Å². The third kappa shape index (κ3) is 7.56. The van der Waals surface area contributed by atoms with Gasteiger partial charge in [-0.05, 0) is 18.4 Å². The number of aryl methyl sites for hydroxylation is 1. The van der Waals surface area contributed by atoms with Crippen molar-refractivity contribution in [2.24, 2.45) is 0 Å². The van der Waals surface area contributed by atoms with Crippen LogP contribution in [0.25, 0.3) is 0 Å². The van der Waals surface area contributed by atoms with E-state index in [1.807, 2.05) is 0 Å². The van der Waals surface area contributed by atoms with Crippen LogP contribution in [-0.4, -0.2) is 17.7 Å². The second-order valence-corrected chi connectivity index (χ2v) is 2.70. The SMILES string of the molecule is CCCCc1ccccc1.O[B]O. The first-order valence-electron chi connectivity index (χ1n) is 4.49. The van der Waals surface area contributed by atoms with Gasteiger partial charge in [0.2, 0.25) is 0 Å². The third-order valence-corrected chi connectivity index (χ3v) is 1.66. The summed E-state index contributed by atoms with van der Waals surface area (Å²) in [5.74, 6) is 0. The van der Waals surface area contributed by atoms with Gasteiger partial charge in [-0.25, -0.2) is 0 Å². The Morgan fingerprint density at radius 3 is 2.15 bits per heavy atom. The van der Waals surface area contributed by atoms with E-state index in [-0.39, 0.29) is 7.69 Å². The van der Waals surface area contributed by atoms with Gasteiger partial charge in [-0.1, -0.05) is 43.7 Å². The molecule has 13 heavy (non-hydrogen) atoms. The second kappa shape index (κ2) is 9.29. The van der Waals surface area contributed by atoms with Crippen molar-refractivity contribution < 1.29 is 10.0 Å². The maximum Gasteiger partial charge on any atom is 0.482 e. The van der Waals surface area contributed by atoms with E-state index in [4.69, 9.17) is 10.0 Å². The van der Waals surface area contributed by atoms with Gasteiger partial charge in [-0.3, -0.25) is 0 Å². The molecule has 1 aromatic rings. The van der Waals surface area contributed by atoms with Crippen LogP contribution in [0.4, 0.5) is 0 Å². The minimum absolute atomic E-state index is 0. The normalized spacial score (nSPS) is 8.54. The standard InChI is InChI=1S/C10H14.BH2O2/c1-2-3-7-10-8-5-4-6-9-10;2-1-3/h4-6,8-9H,2-3,7H2,1H3;2-3H. The summed E-state index contributed by atoms with van der Waals surface area (Å²) in [5.41, 5.74) is 1.46. The zero-order chi connectivity index (χ0) is 9.94. The molecule has 0 spiro atoms. The lowest BCUT2D eigenvalue weighted by molar-refractivity contribution is 0.448. The predicted octanol–water partition coefficient (Wildman–Crippen LogP) is 1.53. The molecule has 2 N–H and O–H groups in total. The predicted molar refractivity (Wildman–Crippen MR) is 55.2 cm³/mol. The fourth-order valence-corrected chi connectivity index (χ4v) is 1.03. The molecule has 0 heterocycles. The highest BCUT2D eigenvalue weighted by Gasteiger charge is 1.87. The zero-order valence-corrected chi connectivity index (χ0v) is 7.98. The summed E-state index contributed by atoms with van der Waals surface area (Å²) in [5, 5.41) is 14.0. The Morgan fingerprint density at radius 2 is 1.69 bits per heavy atom. The molecule has 1 rings (SSSR count). The first-order chi connectivity index (χ1) is 6.35. The molecular weight excluding hydrogens is 163 g/mol. The average Bonchev–Trinajstić information content (AvgIpc) is 2.18. The summed E-state index contributed by atoms with van der Waals surface area (Å²) in [6.45, 7) is 2.23. The average molecular weight is 179 g/mol. The van der Waals surface area contributed by atoms with Gasteiger partial charge in [0.15, 0.2) is 0 Å². The topological polar surface area (TPSA) is 40.5 Å². The van der Waals surface area contributed by atoms with Crippen molar-refractivity contribution in [1.82, 2.24) is 0 Å². The van der Waals surface area contributed by atoms with Gasteiger partial charge in [0.1, 0.15) is 0 Å². The van der Waals surface area contributed by atoms with Gasteiger partial charge in [0.05, 0.1) is 0 Å². The van der Waals surface area contributed by atoms with Crippen LogP contribution in [0, 0.1) is 0 Å². The zero-order valence-electron chi connectivity index (χ0n) is 7.98. The molecule has 0 saturated heterocycles. The van der Waals surface area contributed by atoms with E-state index in [9.17, 15) is 0 Å². The second-order valence-electron chi connectivity index (χ2n) is 2.70. The van der Waals surface area contributed by atoms with Crippen LogP contribution in [0.5, 0.6) is 0 Å².